The Labute approximate surface area is 133 Å². The van der Waals surface area contributed by atoms with Crippen molar-refractivity contribution in [2.45, 2.75) is 32.4 Å². The molecule has 1 N–H and O–H groups in total. The van der Waals surface area contributed by atoms with Gasteiger partial charge in [-0.3, -0.25) is 4.90 Å². The van der Waals surface area contributed by atoms with Gasteiger partial charge in [-0.1, -0.05) is 12.1 Å². The Morgan fingerprint density at radius 2 is 1.82 bits per heavy atom. The highest BCUT2D eigenvalue weighted by atomic mass is 32.2. The third kappa shape index (κ3) is 6.14. The molecule has 1 atom stereocenters. The summed E-state index contributed by atoms with van der Waals surface area (Å²) in [6.45, 7) is 6.67. The number of rotatable bonds is 6. The van der Waals surface area contributed by atoms with E-state index in [1.54, 1.807) is 24.3 Å². The Morgan fingerprint density at radius 3 is 2.23 bits per heavy atom. The number of β-amino-alcohol motifs (C(OH)–C–C–N with tert-alkyl or cyclic N) is 1. The summed E-state index contributed by atoms with van der Waals surface area (Å²) in [6, 6.07) is 8.81. The molecule has 0 bridgehead atoms. The van der Waals surface area contributed by atoms with Crippen molar-refractivity contribution >= 4 is 9.84 Å². The van der Waals surface area contributed by atoms with E-state index in [-0.39, 0.29) is 11.3 Å². The summed E-state index contributed by atoms with van der Waals surface area (Å²) in [5.74, 6) is 0.0599. The molecule has 0 saturated carbocycles. The predicted molar refractivity (Wildman–Crippen MR) is 87.2 cm³/mol. The molecule has 0 aliphatic carbocycles. The van der Waals surface area contributed by atoms with Crippen molar-refractivity contribution in [1.82, 2.24) is 4.90 Å². The first-order valence-corrected chi connectivity index (χ1v) is 9.20. The fourth-order valence-corrected chi connectivity index (χ4v) is 2.62. The molecule has 5 nitrogen and oxygen atoms in total. The first-order valence-electron chi connectivity index (χ1n) is 7.14. The smallest absolute Gasteiger partial charge is 0.148 e. The standard InChI is InChI=1S/C16H24N2O3S/c1-16(2,3)18(9-10-22(4,20)21)12-15(19)14-7-5-13(11-17)6-8-14/h5-8,15,19H,9-10,12H2,1-4H3. The second-order valence-corrected chi connectivity index (χ2v) is 8.76. The second kappa shape index (κ2) is 7.23. The Morgan fingerprint density at radius 1 is 1.27 bits per heavy atom. The molecule has 0 aliphatic heterocycles. The van der Waals surface area contributed by atoms with Gasteiger partial charge < -0.3 is 5.11 Å². The lowest BCUT2D eigenvalue weighted by molar-refractivity contribution is 0.0631. The minimum atomic E-state index is -3.05. The lowest BCUT2D eigenvalue weighted by atomic mass is 10.0. The van der Waals surface area contributed by atoms with Crippen LogP contribution < -0.4 is 0 Å². The second-order valence-electron chi connectivity index (χ2n) is 6.50. The summed E-state index contributed by atoms with van der Waals surface area (Å²) < 4.78 is 22.7. The predicted octanol–water partition coefficient (Wildman–Crippen LogP) is 1.74. The molecule has 0 radical (unpaired) electrons. The van der Waals surface area contributed by atoms with Crippen molar-refractivity contribution in [2.75, 3.05) is 25.1 Å². The molecule has 0 saturated heterocycles. The molecule has 0 spiro atoms. The average molecular weight is 324 g/mol. The number of hydrogen-bond donors (Lipinski definition) is 1. The van der Waals surface area contributed by atoms with Crippen molar-refractivity contribution in [2.24, 2.45) is 0 Å². The van der Waals surface area contributed by atoms with Crippen molar-refractivity contribution in [3.63, 3.8) is 0 Å². The zero-order valence-electron chi connectivity index (χ0n) is 13.6. The quantitative estimate of drug-likeness (QED) is 0.862. The minimum absolute atomic E-state index is 0.0599. The molecular weight excluding hydrogens is 300 g/mol. The van der Waals surface area contributed by atoms with E-state index in [1.807, 2.05) is 31.7 Å². The van der Waals surface area contributed by atoms with Gasteiger partial charge in [-0.2, -0.15) is 5.26 Å². The lowest BCUT2D eigenvalue weighted by Gasteiger charge is -2.37. The molecule has 1 aromatic rings. The highest BCUT2D eigenvalue weighted by molar-refractivity contribution is 7.90. The van der Waals surface area contributed by atoms with Crippen LogP contribution in [-0.4, -0.2) is 49.1 Å². The van der Waals surface area contributed by atoms with Gasteiger partial charge in [-0.05, 0) is 38.5 Å². The van der Waals surface area contributed by atoms with Crippen LogP contribution in [0.5, 0.6) is 0 Å². The number of sulfone groups is 1. The van der Waals surface area contributed by atoms with Crippen molar-refractivity contribution < 1.29 is 13.5 Å². The van der Waals surface area contributed by atoms with Crippen molar-refractivity contribution in [3.05, 3.63) is 35.4 Å². The van der Waals surface area contributed by atoms with Gasteiger partial charge in [-0.15, -0.1) is 0 Å². The summed E-state index contributed by atoms with van der Waals surface area (Å²) in [5.41, 5.74) is 1.01. The molecule has 122 valence electrons. The summed E-state index contributed by atoms with van der Waals surface area (Å²) in [5, 5.41) is 19.2. The van der Waals surface area contributed by atoms with Gasteiger partial charge in [0, 0.05) is 24.9 Å². The molecule has 0 heterocycles. The van der Waals surface area contributed by atoms with Crippen LogP contribution in [0.4, 0.5) is 0 Å². The van der Waals surface area contributed by atoms with Gasteiger partial charge in [0.15, 0.2) is 0 Å². The van der Waals surface area contributed by atoms with E-state index in [9.17, 15) is 13.5 Å². The fourth-order valence-electron chi connectivity index (χ4n) is 2.07. The van der Waals surface area contributed by atoms with Crippen LogP contribution in [0.15, 0.2) is 24.3 Å². The summed E-state index contributed by atoms with van der Waals surface area (Å²) in [6.07, 6.45) is 0.483. The number of benzene rings is 1. The topological polar surface area (TPSA) is 81.4 Å². The van der Waals surface area contributed by atoms with Crippen molar-refractivity contribution in [1.29, 1.82) is 5.26 Å². The first-order chi connectivity index (χ1) is 10.0. The summed E-state index contributed by atoms with van der Waals surface area (Å²) in [4.78, 5) is 1.96. The number of nitrogens with zero attached hydrogens (tertiary/aromatic N) is 2. The maximum Gasteiger partial charge on any atom is 0.148 e. The Bertz CT molecular complexity index is 625. The van der Waals surface area contributed by atoms with E-state index in [1.165, 1.54) is 6.26 Å². The largest absolute Gasteiger partial charge is 0.387 e. The van der Waals surface area contributed by atoms with Gasteiger partial charge in [0.05, 0.1) is 23.5 Å². The van der Waals surface area contributed by atoms with E-state index < -0.39 is 15.9 Å². The Balaban J connectivity index is 2.82. The zero-order valence-corrected chi connectivity index (χ0v) is 14.4. The third-order valence-electron chi connectivity index (χ3n) is 3.50. The van der Waals surface area contributed by atoms with Crippen LogP contribution >= 0.6 is 0 Å². The average Bonchev–Trinajstić information content (AvgIpc) is 2.41. The van der Waals surface area contributed by atoms with Gasteiger partial charge in [0.25, 0.3) is 0 Å². The van der Waals surface area contributed by atoms with E-state index in [2.05, 4.69) is 0 Å². The van der Waals surface area contributed by atoms with Crippen LogP contribution in [-0.2, 0) is 9.84 Å². The maximum absolute atomic E-state index is 11.4. The molecular formula is C16H24N2O3S. The maximum atomic E-state index is 11.4. The molecule has 22 heavy (non-hydrogen) atoms. The van der Waals surface area contributed by atoms with E-state index >= 15 is 0 Å². The van der Waals surface area contributed by atoms with Gasteiger partial charge in [0.2, 0.25) is 0 Å². The van der Waals surface area contributed by atoms with Crippen LogP contribution in [0, 0.1) is 11.3 Å². The molecule has 0 aromatic heterocycles. The van der Waals surface area contributed by atoms with Gasteiger partial charge in [-0.25, -0.2) is 8.42 Å². The van der Waals surface area contributed by atoms with Gasteiger partial charge in [0.1, 0.15) is 9.84 Å². The van der Waals surface area contributed by atoms with Crippen LogP contribution in [0.3, 0.4) is 0 Å². The molecule has 0 aliphatic rings. The number of aliphatic hydroxyl groups is 1. The molecule has 1 unspecified atom stereocenters. The third-order valence-corrected chi connectivity index (χ3v) is 4.42. The molecule has 0 amide bonds. The lowest BCUT2D eigenvalue weighted by Crippen LogP contribution is -2.45. The molecule has 1 aromatic carbocycles. The van der Waals surface area contributed by atoms with E-state index in [0.29, 0.717) is 24.2 Å². The molecule has 1 rings (SSSR count). The minimum Gasteiger partial charge on any atom is -0.387 e. The van der Waals surface area contributed by atoms with Crippen LogP contribution in [0.1, 0.15) is 38.0 Å². The van der Waals surface area contributed by atoms with Crippen LogP contribution in [0.2, 0.25) is 0 Å². The SMILES string of the molecule is CC(C)(C)N(CCS(C)(=O)=O)CC(O)c1ccc(C#N)cc1. The summed E-state index contributed by atoms with van der Waals surface area (Å²) >= 11 is 0. The highest BCUT2D eigenvalue weighted by Crippen LogP contribution is 2.20. The van der Waals surface area contributed by atoms with E-state index in [4.69, 9.17) is 5.26 Å². The summed E-state index contributed by atoms with van der Waals surface area (Å²) in [7, 11) is -3.05. The zero-order chi connectivity index (χ0) is 17.0. The van der Waals surface area contributed by atoms with Crippen molar-refractivity contribution in [3.8, 4) is 6.07 Å². The number of nitriles is 1. The van der Waals surface area contributed by atoms with Gasteiger partial charge >= 0.3 is 0 Å². The number of aliphatic hydroxyl groups excluding tert-OH is 1. The van der Waals surface area contributed by atoms with E-state index in [0.717, 1.165) is 0 Å². The molecule has 6 heteroatoms. The van der Waals surface area contributed by atoms with Crippen LogP contribution in [0.25, 0.3) is 0 Å². The normalized spacial score (nSPS) is 13.9. The monoisotopic (exact) mass is 324 g/mol. The molecule has 0 fully saturated rings. The highest BCUT2D eigenvalue weighted by Gasteiger charge is 2.25. The number of hydrogen-bond acceptors (Lipinski definition) is 5. The fraction of sp³-hybridized carbons (Fsp3) is 0.562. The first kappa shape index (κ1) is 18.6. The Hall–Kier alpha value is -1.42. The Kier molecular flexibility index (Phi) is 6.12.